The quantitative estimate of drug-likeness (QED) is 0.849. The van der Waals surface area contributed by atoms with Crippen LogP contribution in [-0.4, -0.2) is 41.5 Å². The second-order valence-corrected chi connectivity index (χ2v) is 4.48. The van der Waals surface area contributed by atoms with Crippen LogP contribution in [0.5, 0.6) is 0 Å². The molecule has 1 aliphatic rings. The standard InChI is InChI=1S/C12H14F3N3O.2ClH/c1-8-6-16-4-5-18(8)11(19)10-3-2-9(7-17-10)12(13,14)15;;/h2-3,7-8,16H,4-6H2,1H3;2*1H/t8-;;/m0../s1. The normalized spacial score (nSPS) is 18.5. The average molecular weight is 346 g/mol. The van der Waals surface area contributed by atoms with Crippen LogP contribution in [0.25, 0.3) is 0 Å². The van der Waals surface area contributed by atoms with Gasteiger partial charge in [-0.05, 0) is 19.1 Å². The van der Waals surface area contributed by atoms with Gasteiger partial charge in [-0.1, -0.05) is 0 Å². The van der Waals surface area contributed by atoms with Gasteiger partial charge in [0, 0.05) is 31.9 Å². The lowest BCUT2D eigenvalue weighted by Gasteiger charge is -2.33. The Kier molecular flexibility index (Phi) is 7.43. The van der Waals surface area contributed by atoms with E-state index in [2.05, 4.69) is 10.3 Å². The molecule has 2 heterocycles. The molecule has 1 aliphatic heterocycles. The number of pyridine rings is 1. The summed E-state index contributed by atoms with van der Waals surface area (Å²) in [4.78, 5) is 17.4. The number of alkyl halides is 3. The first-order chi connectivity index (χ1) is 8.89. The van der Waals surface area contributed by atoms with Crippen LogP contribution in [0.3, 0.4) is 0 Å². The molecule has 0 bridgehead atoms. The highest BCUT2D eigenvalue weighted by atomic mass is 35.5. The Balaban J connectivity index is 0.00000200. The molecule has 2 rings (SSSR count). The van der Waals surface area contributed by atoms with Crippen LogP contribution >= 0.6 is 24.8 Å². The van der Waals surface area contributed by atoms with Crippen molar-refractivity contribution in [3.05, 3.63) is 29.6 Å². The summed E-state index contributed by atoms with van der Waals surface area (Å²) in [5, 5.41) is 3.14. The first-order valence-electron chi connectivity index (χ1n) is 5.94. The van der Waals surface area contributed by atoms with Crippen molar-refractivity contribution in [3.63, 3.8) is 0 Å². The largest absolute Gasteiger partial charge is 0.417 e. The van der Waals surface area contributed by atoms with Crippen molar-refractivity contribution in [2.45, 2.75) is 19.1 Å². The Bertz CT molecular complexity index is 468. The number of hydrogen-bond acceptors (Lipinski definition) is 3. The van der Waals surface area contributed by atoms with Crippen LogP contribution < -0.4 is 5.32 Å². The van der Waals surface area contributed by atoms with Crippen LogP contribution in [0.15, 0.2) is 18.3 Å². The van der Waals surface area contributed by atoms with Crippen molar-refractivity contribution in [1.29, 1.82) is 0 Å². The summed E-state index contributed by atoms with van der Waals surface area (Å²) >= 11 is 0. The number of amides is 1. The summed E-state index contributed by atoms with van der Waals surface area (Å²) in [7, 11) is 0. The number of nitrogens with zero attached hydrogens (tertiary/aromatic N) is 2. The van der Waals surface area contributed by atoms with Crippen molar-refractivity contribution in [2.75, 3.05) is 19.6 Å². The van der Waals surface area contributed by atoms with Crippen LogP contribution in [0.2, 0.25) is 0 Å². The van der Waals surface area contributed by atoms with Crippen molar-refractivity contribution in [1.82, 2.24) is 15.2 Å². The molecule has 1 N–H and O–H groups in total. The molecule has 1 aromatic heterocycles. The zero-order valence-electron chi connectivity index (χ0n) is 11.2. The minimum absolute atomic E-state index is 0. The number of nitrogens with one attached hydrogen (secondary N) is 1. The minimum atomic E-state index is -4.43. The molecule has 1 fully saturated rings. The fourth-order valence-electron chi connectivity index (χ4n) is 1.98. The molecule has 1 saturated heterocycles. The fraction of sp³-hybridized carbons (Fsp3) is 0.500. The van der Waals surface area contributed by atoms with Crippen molar-refractivity contribution >= 4 is 30.7 Å². The molecule has 0 aromatic carbocycles. The van der Waals surface area contributed by atoms with Gasteiger partial charge in [-0.3, -0.25) is 9.78 Å². The topological polar surface area (TPSA) is 45.2 Å². The highest BCUT2D eigenvalue weighted by Gasteiger charge is 2.31. The van der Waals surface area contributed by atoms with Crippen LogP contribution in [-0.2, 0) is 6.18 Å². The number of carbonyl (C=O) groups is 1. The first-order valence-corrected chi connectivity index (χ1v) is 5.94. The van der Waals surface area contributed by atoms with Crippen LogP contribution in [0.4, 0.5) is 13.2 Å². The zero-order valence-corrected chi connectivity index (χ0v) is 12.8. The lowest BCUT2D eigenvalue weighted by atomic mass is 10.2. The van der Waals surface area contributed by atoms with E-state index >= 15 is 0 Å². The Morgan fingerprint density at radius 1 is 1.38 bits per heavy atom. The number of rotatable bonds is 1. The van der Waals surface area contributed by atoms with E-state index < -0.39 is 11.7 Å². The maximum Gasteiger partial charge on any atom is 0.417 e. The van der Waals surface area contributed by atoms with E-state index in [0.717, 1.165) is 12.1 Å². The van der Waals surface area contributed by atoms with E-state index in [1.54, 1.807) is 4.90 Å². The van der Waals surface area contributed by atoms with Crippen molar-refractivity contribution in [2.24, 2.45) is 0 Å². The van der Waals surface area contributed by atoms with E-state index in [1.807, 2.05) is 6.92 Å². The predicted octanol–water partition coefficient (Wildman–Crippen LogP) is 2.38. The molecule has 4 nitrogen and oxygen atoms in total. The number of carbonyl (C=O) groups excluding carboxylic acids is 1. The lowest BCUT2D eigenvalue weighted by Crippen LogP contribution is -2.52. The predicted molar refractivity (Wildman–Crippen MR) is 77.1 cm³/mol. The van der Waals surface area contributed by atoms with Gasteiger partial charge in [0.25, 0.3) is 5.91 Å². The highest BCUT2D eigenvalue weighted by molar-refractivity contribution is 5.92. The van der Waals surface area contributed by atoms with Crippen molar-refractivity contribution in [3.8, 4) is 0 Å². The number of piperazine rings is 1. The van der Waals surface area contributed by atoms with E-state index in [-0.39, 0.29) is 42.5 Å². The molecule has 9 heteroatoms. The lowest BCUT2D eigenvalue weighted by molar-refractivity contribution is -0.137. The molecule has 0 saturated carbocycles. The van der Waals surface area contributed by atoms with E-state index in [0.29, 0.717) is 25.8 Å². The summed E-state index contributed by atoms with van der Waals surface area (Å²) in [6, 6.07) is 2.01. The van der Waals surface area contributed by atoms with Gasteiger partial charge in [0.1, 0.15) is 5.69 Å². The molecule has 0 unspecified atom stereocenters. The third-order valence-corrected chi connectivity index (χ3v) is 3.07. The monoisotopic (exact) mass is 345 g/mol. The van der Waals surface area contributed by atoms with Gasteiger partial charge in [0.05, 0.1) is 5.56 Å². The molecule has 120 valence electrons. The van der Waals surface area contributed by atoms with Gasteiger partial charge in [0.2, 0.25) is 0 Å². The Hall–Kier alpha value is -1.05. The Morgan fingerprint density at radius 2 is 2.05 bits per heavy atom. The molecule has 1 amide bonds. The van der Waals surface area contributed by atoms with Crippen LogP contribution in [0.1, 0.15) is 23.0 Å². The average Bonchev–Trinajstić information content (AvgIpc) is 2.38. The molecular formula is C12H16Cl2F3N3O. The minimum Gasteiger partial charge on any atom is -0.332 e. The summed E-state index contributed by atoms with van der Waals surface area (Å²) in [5.74, 6) is -0.331. The van der Waals surface area contributed by atoms with Gasteiger partial charge in [-0.25, -0.2) is 0 Å². The summed E-state index contributed by atoms with van der Waals surface area (Å²) in [6.45, 7) is 3.76. The van der Waals surface area contributed by atoms with Crippen molar-refractivity contribution < 1.29 is 18.0 Å². The maximum atomic E-state index is 12.4. The number of aromatic nitrogens is 1. The Morgan fingerprint density at radius 3 is 2.52 bits per heavy atom. The van der Waals surface area contributed by atoms with E-state index in [1.165, 1.54) is 0 Å². The molecule has 0 aliphatic carbocycles. The third-order valence-electron chi connectivity index (χ3n) is 3.07. The van der Waals surface area contributed by atoms with Gasteiger partial charge >= 0.3 is 6.18 Å². The van der Waals surface area contributed by atoms with Crippen LogP contribution in [0, 0.1) is 0 Å². The van der Waals surface area contributed by atoms with E-state index in [4.69, 9.17) is 0 Å². The second kappa shape index (κ2) is 7.82. The number of halogens is 5. The summed E-state index contributed by atoms with van der Waals surface area (Å²) in [6.07, 6.45) is -3.74. The highest BCUT2D eigenvalue weighted by Crippen LogP contribution is 2.28. The summed E-state index contributed by atoms with van der Waals surface area (Å²) < 4.78 is 37.2. The smallest absolute Gasteiger partial charge is 0.332 e. The Labute approximate surface area is 132 Å². The second-order valence-electron chi connectivity index (χ2n) is 4.48. The fourth-order valence-corrected chi connectivity index (χ4v) is 1.98. The van der Waals surface area contributed by atoms with E-state index in [9.17, 15) is 18.0 Å². The molecule has 1 aromatic rings. The summed E-state index contributed by atoms with van der Waals surface area (Å²) in [5.41, 5.74) is -0.806. The van der Waals surface area contributed by atoms with Gasteiger partial charge < -0.3 is 10.2 Å². The molecule has 0 radical (unpaired) electrons. The van der Waals surface area contributed by atoms with Gasteiger partial charge in [-0.15, -0.1) is 24.8 Å². The molecule has 21 heavy (non-hydrogen) atoms. The maximum absolute atomic E-state index is 12.4. The molecule has 1 atom stereocenters. The zero-order chi connectivity index (χ0) is 14.0. The molecular weight excluding hydrogens is 330 g/mol. The number of hydrogen-bond donors (Lipinski definition) is 1. The third kappa shape index (κ3) is 4.72. The van der Waals surface area contributed by atoms with Gasteiger partial charge in [-0.2, -0.15) is 13.2 Å². The SMILES string of the molecule is C[C@H]1CNCCN1C(=O)c1ccc(C(F)(F)F)cn1.Cl.Cl. The first kappa shape index (κ1) is 19.9. The molecule has 0 spiro atoms. The van der Waals surface area contributed by atoms with Gasteiger partial charge in [0.15, 0.2) is 0 Å².